The fraction of sp³-hybridized carbons (Fsp3) is 0.444. The molecule has 2 aromatic heterocycles. The minimum Gasteiger partial charge on any atom is -0.369 e. The maximum absolute atomic E-state index is 12.7. The number of ether oxygens (including phenoxy) is 1. The molecule has 1 amide bonds. The van der Waals surface area contributed by atoms with Gasteiger partial charge in [-0.1, -0.05) is 0 Å². The zero-order chi connectivity index (χ0) is 15.9. The predicted molar refractivity (Wildman–Crippen MR) is 89.8 cm³/mol. The summed E-state index contributed by atoms with van der Waals surface area (Å²) in [4.78, 5) is 20.3. The summed E-state index contributed by atoms with van der Waals surface area (Å²) in [5.41, 5.74) is 2.78. The molecule has 0 radical (unpaired) electrons. The van der Waals surface area contributed by atoms with Crippen molar-refractivity contribution in [3.05, 3.63) is 51.5 Å². The molecule has 0 atom stereocenters. The van der Waals surface area contributed by atoms with Crippen molar-refractivity contribution in [2.75, 3.05) is 19.7 Å². The van der Waals surface area contributed by atoms with Crippen LogP contribution >= 0.6 is 11.3 Å². The van der Waals surface area contributed by atoms with Crippen molar-refractivity contribution in [3.8, 4) is 0 Å². The van der Waals surface area contributed by atoms with E-state index in [0.29, 0.717) is 5.56 Å². The number of thiophene rings is 1. The third-order valence-electron chi connectivity index (χ3n) is 5.01. The van der Waals surface area contributed by atoms with Gasteiger partial charge in [-0.05, 0) is 55.3 Å². The van der Waals surface area contributed by atoms with Crippen LogP contribution < -0.4 is 0 Å². The Kier molecular flexibility index (Phi) is 3.70. The first-order valence-corrected chi connectivity index (χ1v) is 8.99. The normalized spacial score (nSPS) is 19.6. The SMILES string of the molecule is Cc1ncccc1C(=O)N1CCC2(CC1)OCCc1ccsc12. The van der Waals surface area contributed by atoms with Crippen LogP contribution in [0, 0.1) is 6.92 Å². The Morgan fingerprint density at radius 1 is 1.35 bits per heavy atom. The lowest BCUT2D eigenvalue weighted by molar-refractivity contribution is -0.0906. The summed E-state index contributed by atoms with van der Waals surface area (Å²) in [6.07, 6.45) is 4.50. The van der Waals surface area contributed by atoms with Gasteiger partial charge < -0.3 is 9.64 Å². The van der Waals surface area contributed by atoms with E-state index in [0.717, 1.165) is 44.7 Å². The van der Waals surface area contributed by atoms with Gasteiger partial charge in [0.2, 0.25) is 0 Å². The molecule has 4 rings (SSSR count). The quantitative estimate of drug-likeness (QED) is 0.807. The lowest BCUT2D eigenvalue weighted by atomic mass is 9.85. The van der Waals surface area contributed by atoms with Crippen molar-refractivity contribution in [1.82, 2.24) is 9.88 Å². The van der Waals surface area contributed by atoms with E-state index >= 15 is 0 Å². The molecule has 2 aromatic rings. The molecular weight excluding hydrogens is 308 g/mol. The van der Waals surface area contributed by atoms with Gasteiger partial charge in [0.25, 0.3) is 5.91 Å². The minimum atomic E-state index is -0.164. The summed E-state index contributed by atoms with van der Waals surface area (Å²) in [6, 6.07) is 5.91. The number of amides is 1. The topological polar surface area (TPSA) is 42.4 Å². The number of fused-ring (bicyclic) bond motifs is 2. The van der Waals surface area contributed by atoms with Gasteiger partial charge in [-0.15, -0.1) is 11.3 Å². The summed E-state index contributed by atoms with van der Waals surface area (Å²) in [7, 11) is 0. The van der Waals surface area contributed by atoms with E-state index in [9.17, 15) is 4.79 Å². The fourth-order valence-corrected chi connectivity index (χ4v) is 4.85. The second-order valence-electron chi connectivity index (χ2n) is 6.30. The number of hydrogen-bond donors (Lipinski definition) is 0. The number of aryl methyl sites for hydroxylation is 1. The molecule has 1 spiro atoms. The first-order chi connectivity index (χ1) is 11.2. The van der Waals surface area contributed by atoms with Crippen LogP contribution in [0.2, 0.25) is 0 Å². The lowest BCUT2D eigenvalue weighted by Crippen LogP contribution is -2.48. The maximum atomic E-state index is 12.7. The largest absolute Gasteiger partial charge is 0.369 e. The summed E-state index contributed by atoms with van der Waals surface area (Å²) in [5, 5.41) is 2.16. The fourth-order valence-electron chi connectivity index (χ4n) is 3.68. The molecule has 0 saturated carbocycles. The van der Waals surface area contributed by atoms with E-state index < -0.39 is 0 Å². The third kappa shape index (κ3) is 2.48. The highest BCUT2D eigenvalue weighted by Gasteiger charge is 2.42. The van der Waals surface area contributed by atoms with Crippen LogP contribution in [-0.2, 0) is 16.8 Å². The molecular formula is C18H20N2O2S. The molecule has 5 heteroatoms. The summed E-state index contributed by atoms with van der Waals surface area (Å²) in [6.45, 7) is 4.16. The van der Waals surface area contributed by atoms with Crippen molar-refractivity contribution >= 4 is 17.2 Å². The number of hydrogen-bond acceptors (Lipinski definition) is 4. The molecule has 0 unspecified atom stereocenters. The van der Waals surface area contributed by atoms with Crippen LogP contribution in [0.25, 0.3) is 0 Å². The Morgan fingerprint density at radius 2 is 2.17 bits per heavy atom. The zero-order valence-corrected chi connectivity index (χ0v) is 14.1. The third-order valence-corrected chi connectivity index (χ3v) is 6.15. The van der Waals surface area contributed by atoms with E-state index in [-0.39, 0.29) is 11.5 Å². The number of likely N-dealkylation sites (tertiary alicyclic amines) is 1. The van der Waals surface area contributed by atoms with Crippen molar-refractivity contribution < 1.29 is 9.53 Å². The monoisotopic (exact) mass is 328 g/mol. The number of carbonyl (C=O) groups excluding carboxylic acids is 1. The smallest absolute Gasteiger partial charge is 0.255 e. The molecule has 4 heterocycles. The van der Waals surface area contributed by atoms with Crippen LogP contribution in [-0.4, -0.2) is 35.5 Å². The van der Waals surface area contributed by atoms with E-state index in [4.69, 9.17) is 4.74 Å². The van der Waals surface area contributed by atoms with Crippen LogP contribution in [0.1, 0.15) is 39.3 Å². The molecule has 0 bridgehead atoms. The van der Waals surface area contributed by atoms with Gasteiger partial charge in [0.1, 0.15) is 5.60 Å². The van der Waals surface area contributed by atoms with Crippen molar-refractivity contribution in [1.29, 1.82) is 0 Å². The van der Waals surface area contributed by atoms with Gasteiger partial charge in [0.05, 0.1) is 12.2 Å². The molecule has 1 fully saturated rings. The lowest BCUT2D eigenvalue weighted by Gasteiger charge is -2.43. The number of aromatic nitrogens is 1. The Balaban J connectivity index is 1.52. The standard InChI is InChI=1S/C18H20N2O2S/c1-13-15(3-2-8-19-13)17(21)20-9-6-18(7-10-20)16-14(4-11-22-18)5-12-23-16/h2-3,5,8,12H,4,6-7,9-11H2,1H3. The molecule has 1 saturated heterocycles. The Morgan fingerprint density at radius 3 is 2.96 bits per heavy atom. The first-order valence-electron chi connectivity index (χ1n) is 8.11. The van der Waals surface area contributed by atoms with Gasteiger partial charge in [-0.25, -0.2) is 0 Å². The highest BCUT2D eigenvalue weighted by molar-refractivity contribution is 7.10. The van der Waals surface area contributed by atoms with Crippen LogP contribution in [0.3, 0.4) is 0 Å². The second-order valence-corrected chi connectivity index (χ2v) is 7.21. The molecule has 0 aromatic carbocycles. The number of rotatable bonds is 1. The second kappa shape index (κ2) is 5.73. The van der Waals surface area contributed by atoms with Gasteiger partial charge >= 0.3 is 0 Å². The van der Waals surface area contributed by atoms with Crippen LogP contribution in [0.5, 0.6) is 0 Å². The highest BCUT2D eigenvalue weighted by Crippen LogP contribution is 2.44. The summed E-state index contributed by atoms with van der Waals surface area (Å²) in [5.74, 6) is 0.0904. The van der Waals surface area contributed by atoms with E-state index in [1.54, 1.807) is 17.5 Å². The van der Waals surface area contributed by atoms with Gasteiger partial charge in [0, 0.05) is 29.9 Å². The Bertz CT molecular complexity index is 732. The summed E-state index contributed by atoms with van der Waals surface area (Å²) < 4.78 is 6.21. The first kappa shape index (κ1) is 14.8. The van der Waals surface area contributed by atoms with E-state index in [2.05, 4.69) is 16.4 Å². The van der Waals surface area contributed by atoms with E-state index in [1.165, 1.54) is 10.4 Å². The van der Waals surface area contributed by atoms with Crippen LogP contribution in [0.15, 0.2) is 29.8 Å². The Labute approximate surface area is 140 Å². The van der Waals surface area contributed by atoms with Crippen molar-refractivity contribution in [3.63, 3.8) is 0 Å². The Hall–Kier alpha value is -1.72. The zero-order valence-electron chi connectivity index (χ0n) is 13.2. The molecule has 120 valence electrons. The average molecular weight is 328 g/mol. The highest BCUT2D eigenvalue weighted by atomic mass is 32.1. The number of carbonyl (C=O) groups is 1. The number of pyridine rings is 1. The molecule has 0 N–H and O–H groups in total. The molecule has 23 heavy (non-hydrogen) atoms. The molecule has 4 nitrogen and oxygen atoms in total. The molecule has 0 aliphatic carbocycles. The number of nitrogens with zero attached hydrogens (tertiary/aromatic N) is 2. The van der Waals surface area contributed by atoms with E-state index in [1.807, 2.05) is 24.0 Å². The average Bonchev–Trinajstić information content (AvgIpc) is 3.06. The summed E-state index contributed by atoms with van der Waals surface area (Å²) >= 11 is 1.80. The molecule has 2 aliphatic rings. The minimum absolute atomic E-state index is 0.0904. The van der Waals surface area contributed by atoms with Crippen molar-refractivity contribution in [2.45, 2.75) is 31.8 Å². The van der Waals surface area contributed by atoms with Crippen molar-refractivity contribution in [2.24, 2.45) is 0 Å². The number of piperidine rings is 1. The van der Waals surface area contributed by atoms with Crippen LogP contribution in [0.4, 0.5) is 0 Å². The van der Waals surface area contributed by atoms with Gasteiger partial charge in [-0.2, -0.15) is 0 Å². The maximum Gasteiger partial charge on any atom is 0.255 e. The molecule has 2 aliphatic heterocycles. The predicted octanol–water partition coefficient (Wildman–Crippen LogP) is 3.16. The van der Waals surface area contributed by atoms with Gasteiger partial charge in [0.15, 0.2) is 0 Å². The van der Waals surface area contributed by atoms with Gasteiger partial charge in [-0.3, -0.25) is 9.78 Å².